The van der Waals surface area contributed by atoms with E-state index in [9.17, 15) is 19.7 Å². The minimum Gasteiger partial charge on any atom is -0.468 e. The zero-order chi connectivity index (χ0) is 19.6. The number of nitro groups is 1. The number of hydrogen-bond acceptors (Lipinski definition) is 7. The quantitative estimate of drug-likeness (QED) is 0.459. The predicted molar refractivity (Wildman–Crippen MR) is 92.5 cm³/mol. The molecule has 0 spiro atoms. The Hall–Kier alpha value is -2.84. The van der Waals surface area contributed by atoms with Gasteiger partial charge in [0.1, 0.15) is 5.60 Å². The van der Waals surface area contributed by atoms with Crippen molar-refractivity contribution in [2.45, 2.75) is 46.3 Å². The van der Waals surface area contributed by atoms with Crippen molar-refractivity contribution >= 4 is 23.4 Å². The molecule has 1 aliphatic rings. The van der Waals surface area contributed by atoms with E-state index in [1.165, 1.54) is 11.0 Å². The van der Waals surface area contributed by atoms with E-state index in [4.69, 9.17) is 14.2 Å². The number of anilines is 1. The highest BCUT2D eigenvalue weighted by Crippen LogP contribution is 2.42. The molecule has 9 nitrogen and oxygen atoms in total. The van der Waals surface area contributed by atoms with Crippen LogP contribution in [0.2, 0.25) is 0 Å². The number of esters is 1. The van der Waals surface area contributed by atoms with Gasteiger partial charge in [-0.2, -0.15) is 0 Å². The Bertz CT molecular complexity index is 739. The van der Waals surface area contributed by atoms with Crippen LogP contribution >= 0.6 is 0 Å². The average molecular weight is 366 g/mol. The number of nitro benzene ring substituents is 1. The van der Waals surface area contributed by atoms with Crippen molar-refractivity contribution in [2.24, 2.45) is 0 Å². The first-order valence-corrected chi connectivity index (χ1v) is 8.16. The number of nitrogens with zero attached hydrogens (tertiary/aromatic N) is 2. The third-order valence-electron chi connectivity index (χ3n) is 3.45. The fraction of sp³-hybridized carbons (Fsp3) is 0.529. The summed E-state index contributed by atoms with van der Waals surface area (Å²) >= 11 is 0. The molecule has 0 saturated carbocycles. The number of benzene rings is 1. The van der Waals surface area contributed by atoms with E-state index in [2.05, 4.69) is 0 Å². The van der Waals surface area contributed by atoms with Crippen LogP contribution in [0.15, 0.2) is 12.1 Å². The molecule has 1 atom stereocenters. The zero-order valence-corrected chi connectivity index (χ0v) is 15.4. The van der Waals surface area contributed by atoms with Crippen molar-refractivity contribution in [3.8, 4) is 5.75 Å². The number of hydrogen-bond donors (Lipinski definition) is 0. The maximum atomic E-state index is 12.6. The molecule has 0 radical (unpaired) electrons. The molecule has 1 unspecified atom stereocenters. The summed E-state index contributed by atoms with van der Waals surface area (Å²) in [6, 6.07) is 2.90. The molecule has 0 bridgehead atoms. The van der Waals surface area contributed by atoms with E-state index >= 15 is 0 Å². The van der Waals surface area contributed by atoms with Crippen molar-refractivity contribution in [3.63, 3.8) is 0 Å². The minimum atomic E-state index is -1.18. The fourth-order valence-corrected chi connectivity index (χ4v) is 2.48. The monoisotopic (exact) mass is 366 g/mol. The lowest BCUT2D eigenvalue weighted by Crippen LogP contribution is -2.49. The van der Waals surface area contributed by atoms with Crippen LogP contribution in [0.4, 0.5) is 16.2 Å². The summed E-state index contributed by atoms with van der Waals surface area (Å²) in [5.74, 6) is -0.864. The molecular formula is C17H22N2O7. The number of aryl methyl sites for hydroxylation is 1. The Balaban J connectivity index is 2.53. The maximum absolute atomic E-state index is 12.6. The fourth-order valence-electron chi connectivity index (χ4n) is 2.48. The first-order valence-electron chi connectivity index (χ1n) is 8.16. The van der Waals surface area contributed by atoms with Crippen LogP contribution in [0.1, 0.15) is 33.3 Å². The van der Waals surface area contributed by atoms with Crippen LogP contribution in [0.5, 0.6) is 5.75 Å². The summed E-state index contributed by atoms with van der Waals surface area (Å²) < 4.78 is 15.8. The number of amides is 1. The summed E-state index contributed by atoms with van der Waals surface area (Å²) in [5, 5.41) is 11.4. The topological polar surface area (TPSA) is 108 Å². The smallest absolute Gasteiger partial charge is 0.415 e. The highest BCUT2D eigenvalue weighted by molar-refractivity contribution is 5.94. The number of fused-ring (bicyclic) bond motifs is 1. The second-order valence-corrected chi connectivity index (χ2v) is 6.84. The van der Waals surface area contributed by atoms with E-state index in [1.807, 2.05) is 0 Å². The van der Waals surface area contributed by atoms with E-state index in [-0.39, 0.29) is 30.3 Å². The standard InChI is InChI=1S/C17H22N2O7/c1-6-24-15(20)13-9-18(16(21)26-17(3,4)5)11-7-10(2)8-12(19(22)23)14(11)25-13/h7-8,13H,6,9H2,1-5H3. The highest BCUT2D eigenvalue weighted by Gasteiger charge is 2.40. The van der Waals surface area contributed by atoms with Crippen molar-refractivity contribution in [3.05, 3.63) is 27.8 Å². The van der Waals surface area contributed by atoms with Crippen LogP contribution in [-0.4, -0.2) is 41.8 Å². The molecular weight excluding hydrogens is 344 g/mol. The van der Waals surface area contributed by atoms with Gasteiger partial charge in [0.15, 0.2) is 0 Å². The summed E-state index contributed by atoms with van der Waals surface area (Å²) in [4.78, 5) is 36.7. The van der Waals surface area contributed by atoms with Crippen molar-refractivity contribution in [1.82, 2.24) is 0 Å². The summed E-state index contributed by atoms with van der Waals surface area (Å²) in [5.41, 5.74) is -0.346. The van der Waals surface area contributed by atoms with E-state index in [0.717, 1.165) is 0 Å². The first kappa shape index (κ1) is 19.5. The van der Waals surface area contributed by atoms with E-state index in [1.54, 1.807) is 40.7 Å². The molecule has 2 rings (SSSR count). The van der Waals surface area contributed by atoms with Crippen LogP contribution in [0.3, 0.4) is 0 Å². The van der Waals surface area contributed by atoms with Gasteiger partial charge < -0.3 is 14.2 Å². The molecule has 0 N–H and O–H groups in total. The molecule has 0 aliphatic carbocycles. The highest BCUT2D eigenvalue weighted by atomic mass is 16.6. The van der Waals surface area contributed by atoms with Crippen molar-refractivity contribution < 1.29 is 28.7 Å². The third kappa shape index (κ3) is 4.22. The van der Waals surface area contributed by atoms with Gasteiger partial charge in [-0.3, -0.25) is 15.0 Å². The molecule has 1 amide bonds. The molecule has 1 aliphatic heterocycles. The van der Waals surface area contributed by atoms with Crippen LogP contribution in [0, 0.1) is 17.0 Å². The van der Waals surface area contributed by atoms with E-state index in [0.29, 0.717) is 5.56 Å². The van der Waals surface area contributed by atoms with Crippen LogP contribution in [-0.2, 0) is 14.3 Å². The molecule has 1 heterocycles. The number of carbonyl (C=O) groups is 2. The van der Waals surface area contributed by atoms with Gasteiger partial charge in [-0.15, -0.1) is 0 Å². The van der Waals surface area contributed by atoms with Gasteiger partial charge in [-0.25, -0.2) is 9.59 Å². The van der Waals surface area contributed by atoms with Gasteiger partial charge in [0.25, 0.3) is 0 Å². The minimum absolute atomic E-state index is 0.119. The molecule has 9 heteroatoms. The molecule has 0 aromatic heterocycles. The Morgan fingerprint density at radius 3 is 2.58 bits per heavy atom. The Morgan fingerprint density at radius 2 is 2.04 bits per heavy atom. The lowest BCUT2D eigenvalue weighted by molar-refractivity contribution is -0.386. The average Bonchev–Trinajstić information content (AvgIpc) is 2.51. The zero-order valence-electron chi connectivity index (χ0n) is 15.4. The Kier molecular flexibility index (Phi) is 5.38. The van der Waals surface area contributed by atoms with Gasteiger partial charge in [0.05, 0.1) is 23.8 Å². The summed E-state index contributed by atoms with van der Waals surface area (Å²) in [6.45, 7) is 8.36. The summed E-state index contributed by atoms with van der Waals surface area (Å²) in [6.07, 6.45) is -1.91. The van der Waals surface area contributed by atoms with Crippen molar-refractivity contribution in [1.29, 1.82) is 0 Å². The Morgan fingerprint density at radius 1 is 1.38 bits per heavy atom. The van der Waals surface area contributed by atoms with Gasteiger partial charge in [0, 0.05) is 6.07 Å². The lowest BCUT2D eigenvalue weighted by atomic mass is 10.1. The van der Waals surface area contributed by atoms with Crippen LogP contribution < -0.4 is 9.64 Å². The number of carbonyl (C=O) groups excluding carboxylic acids is 2. The predicted octanol–water partition coefficient (Wildman–Crippen LogP) is 2.97. The second kappa shape index (κ2) is 7.19. The lowest BCUT2D eigenvalue weighted by Gasteiger charge is -2.34. The van der Waals surface area contributed by atoms with Gasteiger partial charge in [0.2, 0.25) is 11.9 Å². The largest absolute Gasteiger partial charge is 0.468 e. The third-order valence-corrected chi connectivity index (χ3v) is 3.45. The Labute approximate surface area is 151 Å². The molecule has 0 saturated heterocycles. The van der Waals surface area contributed by atoms with E-state index < -0.39 is 28.7 Å². The number of ether oxygens (including phenoxy) is 3. The number of rotatable bonds is 3. The summed E-state index contributed by atoms with van der Waals surface area (Å²) in [7, 11) is 0. The molecule has 26 heavy (non-hydrogen) atoms. The molecule has 1 aromatic rings. The van der Waals surface area contributed by atoms with Gasteiger partial charge in [-0.05, 0) is 46.2 Å². The van der Waals surface area contributed by atoms with Gasteiger partial charge >= 0.3 is 17.7 Å². The van der Waals surface area contributed by atoms with Crippen molar-refractivity contribution in [2.75, 3.05) is 18.1 Å². The molecule has 142 valence electrons. The second-order valence-electron chi connectivity index (χ2n) is 6.84. The SMILES string of the molecule is CCOC(=O)C1CN(C(=O)OC(C)(C)C)c2cc(C)cc([N+](=O)[O-])c2O1. The first-order chi connectivity index (χ1) is 12.0. The normalized spacial score (nSPS) is 16.3. The molecule has 1 aromatic carbocycles. The van der Waals surface area contributed by atoms with Crippen LogP contribution in [0.25, 0.3) is 0 Å². The maximum Gasteiger partial charge on any atom is 0.415 e. The molecule has 0 fully saturated rings. The van der Waals surface area contributed by atoms with Gasteiger partial charge in [-0.1, -0.05) is 0 Å².